The third-order valence-electron chi connectivity index (χ3n) is 6.16. The van der Waals surface area contributed by atoms with Crippen molar-refractivity contribution < 1.29 is 24.1 Å². The SMILES string of the molecule is O=c1c(-c2ccc(O)cc2)c(Oc2ccc(OCCN3CCCCC3)cc2)oc2cc(O)ccc12. The molecule has 180 valence electrons. The molecule has 3 aromatic carbocycles. The van der Waals surface area contributed by atoms with Crippen LogP contribution < -0.4 is 14.9 Å². The Morgan fingerprint density at radius 1 is 0.829 bits per heavy atom. The second-order valence-electron chi connectivity index (χ2n) is 8.65. The highest BCUT2D eigenvalue weighted by molar-refractivity contribution is 5.85. The predicted molar refractivity (Wildman–Crippen MR) is 134 cm³/mol. The number of benzene rings is 3. The first kappa shape index (κ1) is 22.8. The Bertz CT molecular complexity index is 1360. The van der Waals surface area contributed by atoms with Crippen molar-refractivity contribution in [2.45, 2.75) is 19.3 Å². The summed E-state index contributed by atoms with van der Waals surface area (Å²) < 4.78 is 17.8. The molecule has 4 aromatic rings. The summed E-state index contributed by atoms with van der Waals surface area (Å²) in [6, 6.07) is 17.7. The number of aromatic hydroxyl groups is 2. The summed E-state index contributed by atoms with van der Waals surface area (Å²) in [5.74, 6) is 1.27. The van der Waals surface area contributed by atoms with Crippen molar-refractivity contribution in [3.63, 3.8) is 0 Å². The largest absolute Gasteiger partial charge is 0.508 e. The van der Waals surface area contributed by atoms with Gasteiger partial charge in [0, 0.05) is 12.6 Å². The van der Waals surface area contributed by atoms with Crippen molar-refractivity contribution >= 4 is 11.0 Å². The van der Waals surface area contributed by atoms with Gasteiger partial charge in [0.25, 0.3) is 0 Å². The molecule has 0 unspecified atom stereocenters. The third-order valence-corrected chi connectivity index (χ3v) is 6.16. The van der Waals surface area contributed by atoms with Gasteiger partial charge in [-0.3, -0.25) is 9.69 Å². The topological polar surface area (TPSA) is 92.4 Å². The van der Waals surface area contributed by atoms with Crippen molar-refractivity contribution in [1.29, 1.82) is 0 Å². The zero-order chi connectivity index (χ0) is 24.2. The number of hydrogen-bond acceptors (Lipinski definition) is 7. The zero-order valence-corrected chi connectivity index (χ0v) is 19.3. The number of likely N-dealkylation sites (tertiary alicyclic amines) is 1. The fraction of sp³-hybridized carbons (Fsp3) is 0.250. The van der Waals surface area contributed by atoms with Gasteiger partial charge in [-0.05, 0) is 80.0 Å². The molecule has 0 bridgehead atoms. The quantitative estimate of drug-likeness (QED) is 0.365. The molecule has 1 aliphatic rings. The minimum Gasteiger partial charge on any atom is -0.508 e. The summed E-state index contributed by atoms with van der Waals surface area (Å²) in [6.07, 6.45) is 3.82. The molecule has 7 heteroatoms. The summed E-state index contributed by atoms with van der Waals surface area (Å²) >= 11 is 0. The first-order chi connectivity index (χ1) is 17.1. The second-order valence-corrected chi connectivity index (χ2v) is 8.65. The van der Waals surface area contributed by atoms with Crippen LogP contribution in [0, 0.1) is 0 Å². The Morgan fingerprint density at radius 2 is 1.51 bits per heavy atom. The molecule has 5 rings (SSSR count). The highest BCUT2D eigenvalue weighted by Gasteiger charge is 2.19. The van der Waals surface area contributed by atoms with Crippen molar-refractivity contribution in [2.24, 2.45) is 0 Å². The predicted octanol–water partition coefficient (Wildman–Crippen LogP) is 5.53. The van der Waals surface area contributed by atoms with Gasteiger partial charge in [0.05, 0.1) is 5.39 Å². The van der Waals surface area contributed by atoms with Gasteiger partial charge < -0.3 is 24.1 Å². The average Bonchev–Trinajstić information content (AvgIpc) is 2.87. The van der Waals surface area contributed by atoms with Gasteiger partial charge in [-0.15, -0.1) is 0 Å². The molecule has 2 N–H and O–H groups in total. The molecule has 2 heterocycles. The van der Waals surface area contributed by atoms with E-state index in [0.717, 1.165) is 25.4 Å². The van der Waals surface area contributed by atoms with E-state index >= 15 is 0 Å². The molecule has 1 aliphatic heterocycles. The number of ether oxygens (including phenoxy) is 2. The Morgan fingerprint density at radius 3 is 2.26 bits per heavy atom. The third kappa shape index (κ3) is 5.25. The lowest BCUT2D eigenvalue weighted by Gasteiger charge is -2.26. The lowest BCUT2D eigenvalue weighted by atomic mass is 10.0. The van der Waals surface area contributed by atoms with Gasteiger partial charge in [-0.1, -0.05) is 18.6 Å². The number of hydrogen-bond donors (Lipinski definition) is 2. The number of fused-ring (bicyclic) bond motifs is 1. The van der Waals surface area contributed by atoms with Crippen LogP contribution in [-0.2, 0) is 0 Å². The molecule has 7 nitrogen and oxygen atoms in total. The number of piperidine rings is 1. The minimum absolute atomic E-state index is 0.00226. The van der Waals surface area contributed by atoms with E-state index < -0.39 is 0 Å². The van der Waals surface area contributed by atoms with Crippen LogP contribution in [0.4, 0.5) is 0 Å². The maximum absolute atomic E-state index is 13.3. The smallest absolute Gasteiger partial charge is 0.302 e. The number of phenols is 2. The molecule has 0 radical (unpaired) electrons. The highest BCUT2D eigenvalue weighted by atomic mass is 16.6. The summed E-state index contributed by atoms with van der Waals surface area (Å²) in [7, 11) is 0. The van der Waals surface area contributed by atoms with Gasteiger partial charge >= 0.3 is 5.95 Å². The van der Waals surface area contributed by atoms with Crippen LogP contribution in [0.1, 0.15) is 19.3 Å². The van der Waals surface area contributed by atoms with E-state index in [2.05, 4.69) is 4.90 Å². The molecule has 1 saturated heterocycles. The van der Waals surface area contributed by atoms with Crippen LogP contribution in [0.5, 0.6) is 28.9 Å². The monoisotopic (exact) mass is 473 g/mol. The van der Waals surface area contributed by atoms with Gasteiger partial charge in [-0.2, -0.15) is 0 Å². The van der Waals surface area contributed by atoms with Crippen LogP contribution in [0.25, 0.3) is 22.1 Å². The Balaban J connectivity index is 1.39. The molecule has 0 atom stereocenters. The molecule has 1 aromatic heterocycles. The number of phenolic OH excluding ortho intramolecular Hbond substituents is 2. The van der Waals surface area contributed by atoms with Crippen LogP contribution in [0.3, 0.4) is 0 Å². The zero-order valence-electron chi connectivity index (χ0n) is 19.3. The van der Waals surface area contributed by atoms with Crippen LogP contribution in [0.15, 0.2) is 75.9 Å². The maximum atomic E-state index is 13.3. The minimum atomic E-state index is -0.301. The van der Waals surface area contributed by atoms with Gasteiger partial charge in [0.2, 0.25) is 5.43 Å². The highest BCUT2D eigenvalue weighted by Crippen LogP contribution is 2.35. The van der Waals surface area contributed by atoms with E-state index in [-0.39, 0.29) is 34.0 Å². The Kier molecular flexibility index (Phi) is 6.59. The summed E-state index contributed by atoms with van der Waals surface area (Å²) in [5, 5.41) is 19.8. The van der Waals surface area contributed by atoms with Gasteiger partial charge in [0.1, 0.15) is 40.8 Å². The fourth-order valence-electron chi connectivity index (χ4n) is 4.30. The fourth-order valence-corrected chi connectivity index (χ4v) is 4.30. The molecule has 0 aliphatic carbocycles. The molecule has 0 spiro atoms. The van der Waals surface area contributed by atoms with Crippen molar-refractivity contribution in [2.75, 3.05) is 26.2 Å². The van der Waals surface area contributed by atoms with Crippen molar-refractivity contribution in [1.82, 2.24) is 4.90 Å². The van der Waals surface area contributed by atoms with Crippen LogP contribution in [0.2, 0.25) is 0 Å². The van der Waals surface area contributed by atoms with Gasteiger partial charge in [0.15, 0.2) is 0 Å². The standard InChI is InChI=1S/C28H27NO6/c30-20-6-4-19(5-7-20)26-27(32)24-13-8-21(31)18-25(24)35-28(26)34-23-11-9-22(10-12-23)33-17-16-29-14-2-1-3-15-29/h4-13,18,30-31H,1-3,14-17H2. The molecule has 1 fully saturated rings. The summed E-state index contributed by atoms with van der Waals surface area (Å²) in [6.45, 7) is 3.79. The van der Waals surface area contributed by atoms with Crippen molar-refractivity contribution in [3.8, 4) is 40.1 Å². The lowest BCUT2D eigenvalue weighted by molar-refractivity contribution is 0.183. The van der Waals surface area contributed by atoms with E-state index in [9.17, 15) is 15.0 Å². The second kappa shape index (κ2) is 10.1. The molecule has 0 amide bonds. The first-order valence-electron chi connectivity index (χ1n) is 11.8. The van der Waals surface area contributed by atoms with E-state index in [4.69, 9.17) is 13.9 Å². The lowest BCUT2D eigenvalue weighted by Crippen LogP contribution is -2.33. The van der Waals surface area contributed by atoms with Crippen LogP contribution in [-0.4, -0.2) is 41.4 Å². The molecular weight excluding hydrogens is 446 g/mol. The summed E-state index contributed by atoms with van der Waals surface area (Å²) in [5.41, 5.74) is 0.680. The van der Waals surface area contributed by atoms with E-state index in [1.165, 1.54) is 49.6 Å². The maximum Gasteiger partial charge on any atom is 0.302 e. The van der Waals surface area contributed by atoms with E-state index in [0.29, 0.717) is 23.3 Å². The van der Waals surface area contributed by atoms with Crippen LogP contribution >= 0.6 is 0 Å². The normalized spacial score (nSPS) is 14.2. The first-order valence-corrected chi connectivity index (χ1v) is 11.8. The van der Waals surface area contributed by atoms with Crippen molar-refractivity contribution in [3.05, 3.63) is 77.0 Å². The molecule has 0 saturated carbocycles. The van der Waals surface area contributed by atoms with E-state index in [1.807, 2.05) is 12.1 Å². The Labute approximate surface area is 202 Å². The number of nitrogens with zero attached hydrogens (tertiary/aromatic N) is 1. The summed E-state index contributed by atoms with van der Waals surface area (Å²) in [4.78, 5) is 15.8. The molecular formula is C28H27NO6. The van der Waals surface area contributed by atoms with Gasteiger partial charge in [-0.25, -0.2) is 0 Å². The van der Waals surface area contributed by atoms with E-state index in [1.54, 1.807) is 24.3 Å². The number of rotatable bonds is 7. The Hall–Kier alpha value is -3.97. The molecule has 35 heavy (non-hydrogen) atoms. The average molecular weight is 474 g/mol.